The van der Waals surface area contributed by atoms with Crippen molar-refractivity contribution in [2.45, 2.75) is 0 Å². The molecule has 0 atom stereocenters. The van der Waals surface area contributed by atoms with Gasteiger partial charge >= 0.3 is 6.03 Å². The lowest BCUT2D eigenvalue weighted by atomic mass is 11.0. The van der Waals surface area contributed by atoms with Gasteiger partial charge < -0.3 is 10.8 Å². The number of urea groups is 1. The van der Waals surface area contributed by atoms with Crippen LogP contribution in [-0.2, 0) is 0 Å². The molecule has 0 aromatic rings. The average Bonchev–Trinajstić information content (AvgIpc) is 1.65. The van der Waals surface area contributed by atoms with E-state index in [-0.39, 0.29) is 0 Å². The molecule has 0 spiro atoms. The van der Waals surface area contributed by atoms with Crippen LogP contribution in [0.25, 0.3) is 0 Å². The van der Waals surface area contributed by atoms with Gasteiger partial charge in [0.05, 0.1) is 0 Å². The highest BCUT2D eigenvalue weighted by atomic mass is 32.1. The predicted octanol–water partition coefficient (Wildman–Crippen LogP) is -0.838. The summed E-state index contributed by atoms with van der Waals surface area (Å²) in [6, 6.07) is -0.758. The molecule has 42 valence electrons. The lowest BCUT2D eigenvalue weighted by Gasteiger charge is -2.05. The van der Waals surface area contributed by atoms with Crippen LogP contribution in [0.2, 0.25) is 0 Å². The van der Waals surface area contributed by atoms with Crippen LogP contribution < -0.4 is 5.73 Å². The summed E-state index contributed by atoms with van der Waals surface area (Å²) in [5.41, 5.74) is 4.60. The SMILES string of the molecule is NC(=O)N(S)CO. The molecule has 0 aliphatic heterocycles. The van der Waals surface area contributed by atoms with Gasteiger partial charge in [-0.25, -0.2) is 9.10 Å². The second-order valence-electron chi connectivity index (χ2n) is 0.879. The first-order valence-electron chi connectivity index (χ1n) is 1.55. The number of amides is 2. The zero-order valence-corrected chi connectivity index (χ0v) is 4.43. The van der Waals surface area contributed by atoms with E-state index in [1.54, 1.807) is 0 Å². The van der Waals surface area contributed by atoms with Crippen molar-refractivity contribution in [3.8, 4) is 0 Å². The summed E-state index contributed by atoms with van der Waals surface area (Å²) in [6.07, 6.45) is 0. The van der Waals surface area contributed by atoms with Crippen molar-refractivity contribution >= 4 is 18.8 Å². The molecule has 2 amide bonds. The zero-order valence-electron chi connectivity index (χ0n) is 3.53. The van der Waals surface area contributed by atoms with E-state index in [4.69, 9.17) is 5.11 Å². The van der Waals surface area contributed by atoms with E-state index in [9.17, 15) is 4.79 Å². The Labute approximate surface area is 46.5 Å². The molecule has 0 saturated carbocycles. The van der Waals surface area contributed by atoms with Gasteiger partial charge in [0.1, 0.15) is 6.73 Å². The summed E-state index contributed by atoms with van der Waals surface area (Å²) in [4.78, 5) is 9.84. The molecule has 0 bridgehead atoms. The van der Waals surface area contributed by atoms with E-state index in [1.807, 2.05) is 0 Å². The molecule has 0 aliphatic rings. The highest BCUT2D eigenvalue weighted by Crippen LogP contribution is 1.85. The highest BCUT2D eigenvalue weighted by Gasteiger charge is 1.97. The van der Waals surface area contributed by atoms with Gasteiger partial charge in [-0.15, -0.1) is 0 Å². The molecule has 0 aromatic carbocycles. The largest absolute Gasteiger partial charge is 0.375 e. The number of primary amides is 1. The predicted molar refractivity (Wildman–Crippen MR) is 27.5 cm³/mol. The fourth-order valence-corrected chi connectivity index (χ4v) is 0.0697. The van der Waals surface area contributed by atoms with Crippen molar-refractivity contribution in [1.29, 1.82) is 0 Å². The number of aliphatic hydroxyl groups is 1. The van der Waals surface area contributed by atoms with E-state index < -0.39 is 12.8 Å². The van der Waals surface area contributed by atoms with Crippen molar-refractivity contribution < 1.29 is 9.90 Å². The third-order valence-corrected chi connectivity index (χ3v) is 0.712. The van der Waals surface area contributed by atoms with Gasteiger partial charge in [-0.3, -0.25) is 0 Å². The zero-order chi connectivity index (χ0) is 5.86. The Bertz CT molecular complexity index is 76.1. The molecule has 0 aliphatic carbocycles. The molecule has 0 saturated heterocycles. The van der Waals surface area contributed by atoms with Crippen LogP contribution in [0, 0.1) is 0 Å². The summed E-state index contributed by atoms with van der Waals surface area (Å²) >= 11 is 3.43. The Morgan fingerprint density at radius 2 is 2.43 bits per heavy atom. The molecule has 0 unspecified atom stereocenters. The van der Waals surface area contributed by atoms with E-state index in [0.29, 0.717) is 4.31 Å². The number of thiol groups is 1. The van der Waals surface area contributed by atoms with Crippen molar-refractivity contribution in [1.82, 2.24) is 4.31 Å². The molecule has 0 aromatic heterocycles. The van der Waals surface area contributed by atoms with E-state index in [2.05, 4.69) is 18.5 Å². The smallest absolute Gasteiger partial charge is 0.326 e. The first-order valence-corrected chi connectivity index (χ1v) is 1.95. The number of aliphatic hydroxyl groups excluding tert-OH is 1. The number of nitrogens with two attached hydrogens (primary N) is 1. The van der Waals surface area contributed by atoms with Gasteiger partial charge in [-0.2, -0.15) is 0 Å². The molecule has 0 rings (SSSR count). The monoisotopic (exact) mass is 122 g/mol. The van der Waals surface area contributed by atoms with Crippen molar-refractivity contribution in [3.63, 3.8) is 0 Å². The molecular weight excluding hydrogens is 116 g/mol. The molecule has 0 radical (unpaired) electrons. The second kappa shape index (κ2) is 2.70. The van der Waals surface area contributed by atoms with Gasteiger partial charge in [-0.05, 0) is 0 Å². The molecule has 4 nitrogen and oxygen atoms in total. The maximum atomic E-state index is 9.84. The van der Waals surface area contributed by atoms with Gasteiger partial charge in [0.2, 0.25) is 0 Å². The third-order valence-electron chi connectivity index (χ3n) is 0.388. The Hall–Kier alpha value is -0.420. The van der Waals surface area contributed by atoms with Crippen LogP contribution in [0.1, 0.15) is 0 Å². The summed E-state index contributed by atoms with van der Waals surface area (Å²) < 4.78 is 0.681. The summed E-state index contributed by atoms with van der Waals surface area (Å²) in [5, 5.41) is 8.05. The Balaban J connectivity index is 3.34. The maximum Gasteiger partial charge on any atom is 0.326 e. The first-order chi connectivity index (χ1) is 3.18. The number of hydrogen-bond donors (Lipinski definition) is 3. The minimum Gasteiger partial charge on any atom is -0.375 e. The number of rotatable bonds is 1. The van der Waals surface area contributed by atoms with E-state index in [0.717, 1.165) is 0 Å². The summed E-state index contributed by atoms with van der Waals surface area (Å²) in [5.74, 6) is 0. The topological polar surface area (TPSA) is 66.6 Å². The number of carbonyl (C=O) groups is 1. The Morgan fingerprint density at radius 3 is 2.43 bits per heavy atom. The fourth-order valence-electron chi connectivity index (χ4n) is 0.0697. The van der Waals surface area contributed by atoms with Crippen molar-refractivity contribution in [2.24, 2.45) is 5.73 Å². The third kappa shape index (κ3) is 2.30. The van der Waals surface area contributed by atoms with Gasteiger partial charge in [0, 0.05) is 0 Å². The Kier molecular flexibility index (Phi) is 2.54. The van der Waals surface area contributed by atoms with Crippen LogP contribution in [0.4, 0.5) is 4.79 Å². The quantitative estimate of drug-likeness (QED) is 0.313. The summed E-state index contributed by atoms with van der Waals surface area (Å²) in [6.45, 7) is -0.460. The van der Waals surface area contributed by atoms with Crippen LogP contribution in [0.15, 0.2) is 0 Å². The van der Waals surface area contributed by atoms with Crippen molar-refractivity contribution in [2.75, 3.05) is 6.73 Å². The van der Waals surface area contributed by atoms with E-state index >= 15 is 0 Å². The summed E-state index contributed by atoms with van der Waals surface area (Å²) in [7, 11) is 0. The lowest BCUT2D eigenvalue weighted by molar-refractivity contribution is 0.185. The normalized spacial score (nSPS) is 8.29. The molecule has 5 heteroatoms. The molecule has 0 heterocycles. The van der Waals surface area contributed by atoms with Crippen LogP contribution in [-0.4, -0.2) is 22.2 Å². The molecular formula is C2H6N2O2S. The van der Waals surface area contributed by atoms with Gasteiger partial charge in [0.25, 0.3) is 0 Å². The minimum atomic E-state index is -0.758. The van der Waals surface area contributed by atoms with Crippen LogP contribution >= 0.6 is 12.8 Å². The standard InChI is InChI=1S/C2H6N2O2S/c3-2(6)4(7)1-5/h5,7H,1H2,(H2,3,6). The lowest BCUT2D eigenvalue weighted by Crippen LogP contribution is -2.28. The molecule has 0 fully saturated rings. The molecule has 3 N–H and O–H groups in total. The number of carbonyl (C=O) groups excluding carboxylic acids is 1. The van der Waals surface area contributed by atoms with E-state index in [1.165, 1.54) is 0 Å². The number of nitrogens with zero attached hydrogens (tertiary/aromatic N) is 1. The second-order valence-corrected chi connectivity index (χ2v) is 1.36. The van der Waals surface area contributed by atoms with Crippen LogP contribution in [0.5, 0.6) is 0 Å². The van der Waals surface area contributed by atoms with Crippen molar-refractivity contribution in [3.05, 3.63) is 0 Å². The first kappa shape index (κ1) is 6.58. The molecule has 7 heavy (non-hydrogen) atoms. The van der Waals surface area contributed by atoms with Gasteiger partial charge in [0.15, 0.2) is 0 Å². The average molecular weight is 122 g/mol. The Morgan fingerprint density at radius 1 is 2.00 bits per heavy atom. The highest BCUT2D eigenvalue weighted by molar-refractivity contribution is 7.78. The number of hydrogen-bond acceptors (Lipinski definition) is 3. The van der Waals surface area contributed by atoms with Gasteiger partial charge in [-0.1, -0.05) is 12.8 Å². The maximum absolute atomic E-state index is 9.84. The minimum absolute atomic E-state index is 0.460. The fraction of sp³-hybridized carbons (Fsp3) is 0.500. The van der Waals surface area contributed by atoms with Crippen LogP contribution in [0.3, 0.4) is 0 Å².